The zero-order chi connectivity index (χ0) is 26.7. The van der Waals surface area contributed by atoms with Crippen molar-refractivity contribution >= 4 is 17.7 Å². The summed E-state index contributed by atoms with van der Waals surface area (Å²) in [6, 6.07) is 2.52. The molecule has 0 aromatic carbocycles. The summed E-state index contributed by atoms with van der Waals surface area (Å²) in [7, 11) is 0. The molecule has 0 aliphatic carbocycles. The number of esters is 1. The summed E-state index contributed by atoms with van der Waals surface area (Å²) in [4.78, 5) is 29.9. The summed E-state index contributed by atoms with van der Waals surface area (Å²) >= 11 is 0. The Morgan fingerprint density at radius 1 is 1.15 bits per heavy atom. The van der Waals surface area contributed by atoms with Crippen molar-refractivity contribution in [2.45, 2.75) is 92.9 Å². The minimum absolute atomic E-state index is 0.225. The lowest BCUT2D eigenvalue weighted by Gasteiger charge is -2.18. The van der Waals surface area contributed by atoms with Gasteiger partial charge < -0.3 is 10.5 Å². The Bertz CT molecular complexity index is 816. The Morgan fingerprint density at radius 2 is 1.74 bits per heavy atom. The van der Waals surface area contributed by atoms with Crippen molar-refractivity contribution in [3.8, 4) is 0 Å². The summed E-state index contributed by atoms with van der Waals surface area (Å²) in [5.41, 5.74) is 3.91. The van der Waals surface area contributed by atoms with Gasteiger partial charge in [-0.25, -0.2) is 0 Å². The Balaban J connectivity index is 0.00000116. The van der Waals surface area contributed by atoms with Crippen molar-refractivity contribution in [2.24, 2.45) is 28.5 Å². The molecule has 34 heavy (non-hydrogen) atoms. The van der Waals surface area contributed by atoms with Gasteiger partial charge in [0.2, 0.25) is 0 Å². The lowest BCUT2D eigenvalue weighted by atomic mass is 9.89. The summed E-state index contributed by atoms with van der Waals surface area (Å²) in [5.74, 6) is -0.703. The van der Waals surface area contributed by atoms with Crippen LogP contribution in [0.25, 0.3) is 0 Å². The van der Waals surface area contributed by atoms with Crippen molar-refractivity contribution in [3.05, 3.63) is 29.6 Å². The van der Waals surface area contributed by atoms with Gasteiger partial charge in [0.25, 0.3) is 5.91 Å². The Labute approximate surface area is 201 Å². The lowest BCUT2D eigenvalue weighted by molar-refractivity contribution is -0.152. The monoisotopic (exact) mass is 487 g/mol. The highest BCUT2D eigenvalue weighted by molar-refractivity contribution is 6.05. The van der Waals surface area contributed by atoms with E-state index in [-0.39, 0.29) is 29.0 Å². The molecular formula is C25H40F3N3O3. The van der Waals surface area contributed by atoms with Gasteiger partial charge in [0, 0.05) is 24.6 Å². The third-order valence-corrected chi connectivity index (χ3v) is 4.84. The second-order valence-electron chi connectivity index (χ2n) is 9.86. The van der Waals surface area contributed by atoms with Crippen LogP contribution in [0.1, 0.15) is 92.3 Å². The van der Waals surface area contributed by atoms with Crippen LogP contribution in [-0.4, -0.2) is 28.3 Å². The molecule has 6 nitrogen and oxygen atoms in total. The highest BCUT2D eigenvalue weighted by Crippen LogP contribution is 2.30. The van der Waals surface area contributed by atoms with Crippen LogP contribution in [0.5, 0.6) is 0 Å². The predicted octanol–water partition coefficient (Wildman–Crippen LogP) is 6.17. The van der Waals surface area contributed by atoms with Crippen LogP contribution < -0.4 is 5.73 Å². The van der Waals surface area contributed by atoms with E-state index < -0.39 is 23.6 Å². The topological polar surface area (TPSA) is 94.6 Å². The number of ether oxygens (including phenoxy) is 1. The summed E-state index contributed by atoms with van der Waals surface area (Å²) in [5, 5.41) is 0. The van der Waals surface area contributed by atoms with Crippen molar-refractivity contribution < 1.29 is 27.5 Å². The molecule has 0 aliphatic rings. The molecule has 2 N–H and O–H groups in total. The van der Waals surface area contributed by atoms with Gasteiger partial charge in [-0.15, -0.1) is 0 Å². The maximum absolute atomic E-state index is 13.1. The average Bonchev–Trinajstić information content (AvgIpc) is 2.68. The minimum atomic E-state index is -4.66. The number of hydrogen-bond acceptors (Lipinski definition) is 4. The molecule has 0 spiro atoms. The SMILES string of the molecule is CC(=O)OC(C)(C)C.CCC(C)CCC(CC(C)C)C(=O)N=C(N)c1cccnc1C(F)(F)F. The highest BCUT2D eigenvalue weighted by Gasteiger charge is 2.36. The smallest absolute Gasteiger partial charge is 0.434 e. The zero-order valence-electron chi connectivity index (χ0n) is 21.6. The Kier molecular flexibility index (Phi) is 13.1. The summed E-state index contributed by atoms with van der Waals surface area (Å²) in [6.45, 7) is 15.1. The third kappa shape index (κ3) is 13.3. The Hall–Kier alpha value is -2.45. The zero-order valence-corrected chi connectivity index (χ0v) is 21.6. The lowest BCUT2D eigenvalue weighted by Crippen LogP contribution is -2.25. The van der Waals surface area contributed by atoms with E-state index in [9.17, 15) is 22.8 Å². The first-order valence-electron chi connectivity index (χ1n) is 11.6. The molecule has 0 bridgehead atoms. The van der Waals surface area contributed by atoms with E-state index in [0.29, 0.717) is 18.8 Å². The minimum Gasteiger partial charge on any atom is -0.460 e. The fourth-order valence-corrected chi connectivity index (χ4v) is 3.14. The number of rotatable bonds is 8. The van der Waals surface area contributed by atoms with Gasteiger partial charge in [0.1, 0.15) is 11.4 Å². The van der Waals surface area contributed by atoms with E-state index in [1.165, 1.54) is 19.1 Å². The number of alkyl halides is 3. The molecule has 2 atom stereocenters. The standard InChI is InChI=1S/C19H28F3N3O.C6H12O2/c1-5-13(4)8-9-14(11-12(2)3)18(26)25-17(23)15-7-6-10-24-16(15)19(20,21)22;1-5(7)8-6(2,3)4/h6-7,10,12-14H,5,8-9,11H2,1-4H3,(H2,23,25,26);1-4H3. The molecule has 194 valence electrons. The number of hydrogen-bond donors (Lipinski definition) is 1. The third-order valence-electron chi connectivity index (χ3n) is 4.84. The van der Waals surface area contributed by atoms with E-state index >= 15 is 0 Å². The molecule has 0 fully saturated rings. The van der Waals surface area contributed by atoms with Gasteiger partial charge in [0.15, 0.2) is 5.69 Å². The van der Waals surface area contributed by atoms with E-state index in [1.54, 1.807) is 0 Å². The van der Waals surface area contributed by atoms with Gasteiger partial charge in [-0.1, -0.05) is 34.1 Å². The van der Waals surface area contributed by atoms with Gasteiger partial charge >= 0.3 is 12.1 Å². The quantitative estimate of drug-likeness (QED) is 0.269. The maximum atomic E-state index is 13.1. The number of nitrogens with two attached hydrogens (primary N) is 1. The second-order valence-corrected chi connectivity index (χ2v) is 9.86. The van der Waals surface area contributed by atoms with Gasteiger partial charge in [0.05, 0.1) is 0 Å². The van der Waals surface area contributed by atoms with Crippen LogP contribution in [0.3, 0.4) is 0 Å². The van der Waals surface area contributed by atoms with E-state index in [0.717, 1.165) is 19.0 Å². The fourth-order valence-electron chi connectivity index (χ4n) is 3.14. The number of amidine groups is 1. The van der Waals surface area contributed by atoms with Crippen molar-refractivity contribution in [2.75, 3.05) is 0 Å². The number of halogens is 3. The molecule has 1 aromatic rings. The highest BCUT2D eigenvalue weighted by atomic mass is 19.4. The summed E-state index contributed by atoms with van der Waals surface area (Å²) in [6.07, 6.45) is -0.454. The molecule has 2 unspecified atom stereocenters. The van der Waals surface area contributed by atoms with E-state index in [1.807, 2.05) is 34.6 Å². The molecule has 1 aromatic heterocycles. The number of carbonyl (C=O) groups excluding carboxylic acids is 2. The summed E-state index contributed by atoms with van der Waals surface area (Å²) < 4.78 is 44.0. The van der Waals surface area contributed by atoms with Crippen molar-refractivity contribution in [3.63, 3.8) is 0 Å². The molecule has 1 amide bonds. The average molecular weight is 488 g/mol. The van der Waals surface area contributed by atoms with Gasteiger partial charge in [-0.2, -0.15) is 18.2 Å². The van der Waals surface area contributed by atoms with Crippen LogP contribution in [-0.2, 0) is 20.5 Å². The molecule has 0 saturated heterocycles. The van der Waals surface area contributed by atoms with E-state index in [4.69, 9.17) is 10.5 Å². The van der Waals surface area contributed by atoms with Gasteiger partial charge in [-0.05, 0) is 64.0 Å². The molecule has 0 aliphatic heterocycles. The van der Waals surface area contributed by atoms with Gasteiger partial charge in [-0.3, -0.25) is 14.6 Å². The normalized spacial score (nSPS) is 14.2. The molecule has 0 radical (unpaired) electrons. The van der Waals surface area contributed by atoms with Crippen LogP contribution in [0.4, 0.5) is 13.2 Å². The first-order valence-corrected chi connectivity index (χ1v) is 11.6. The van der Waals surface area contributed by atoms with Crippen LogP contribution >= 0.6 is 0 Å². The number of carbonyl (C=O) groups is 2. The molecule has 1 rings (SSSR count). The van der Waals surface area contributed by atoms with Crippen molar-refractivity contribution in [1.82, 2.24) is 4.98 Å². The number of pyridine rings is 1. The maximum Gasteiger partial charge on any atom is 0.434 e. The largest absolute Gasteiger partial charge is 0.460 e. The Morgan fingerprint density at radius 3 is 2.15 bits per heavy atom. The number of aliphatic imine (C=N–C) groups is 1. The molecular weight excluding hydrogens is 447 g/mol. The molecule has 9 heteroatoms. The first kappa shape index (κ1) is 31.6. The van der Waals surface area contributed by atoms with Crippen molar-refractivity contribution in [1.29, 1.82) is 0 Å². The van der Waals surface area contributed by atoms with Crippen LogP contribution in [0.15, 0.2) is 23.3 Å². The number of nitrogens with zero attached hydrogens (tertiary/aromatic N) is 2. The molecule has 0 saturated carbocycles. The van der Waals surface area contributed by atoms with Crippen LogP contribution in [0, 0.1) is 17.8 Å². The number of aromatic nitrogens is 1. The number of amides is 1. The first-order chi connectivity index (χ1) is 15.5. The molecule has 1 heterocycles. The predicted molar refractivity (Wildman–Crippen MR) is 128 cm³/mol. The fraction of sp³-hybridized carbons (Fsp3) is 0.680. The van der Waals surface area contributed by atoms with Crippen LogP contribution in [0.2, 0.25) is 0 Å². The second kappa shape index (κ2) is 14.1. The van der Waals surface area contributed by atoms with E-state index in [2.05, 4.69) is 23.8 Å².